The maximum absolute atomic E-state index is 9.62. The van der Waals surface area contributed by atoms with Gasteiger partial charge in [0.15, 0.2) is 0 Å². The van der Waals surface area contributed by atoms with Gasteiger partial charge in [0.1, 0.15) is 5.75 Å². The normalized spacial score (nSPS) is 10.5. The van der Waals surface area contributed by atoms with E-state index in [0.717, 1.165) is 16.7 Å². The van der Waals surface area contributed by atoms with Crippen LogP contribution in [0.3, 0.4) is 0 Å². The average Bonchev–Trinajstić information content (AvgIpc) is 2.14. The molecule has 0 aliphatic rings. The van der Waals surface area contributed by atoms with Gasteiger partial charge in [0.05, 0.1) is 13.2 Å². The highest BCUT2D eigenvalue weighted by atomic mass is 16.5. The number of methoxy groups -OCH3 is 2. The Bertz CT molecular complexity index is 308. The van der Waals surface area contributed by atoms with Crippen LogP contribution in [0.4, 0.5) is 0 Å². The molecule has 78 valence electrons. The van der Waals surface area contributed by atoms with Crippen LogP contribution in [-0.4, -0.2) is 19.3 Å². The molecule has 1 N–H and O–H groups in total. The van der Waals surface area contributed by atoms with Crippen molar-refractivity contribution in [2.45, 2.75) is 20.1 Å². The van der Waals surface area contributed by atoms with Crippen LogP contribution < -0.4 is 0 Å². The number of benzene rings is 1. The molecule has 0 unspecified atom stereocenters. The topological polar surface area (TPSA) is 38.7 Å². The van der Waals surface area contributed by atoms with E-state index in [1.54, 1.807) is 20.3 Å². The second kappa shape index (κ2) is 4.98. The third-order valence-electron chi connectivity index (χ3n) is 2.16. The van der Waals surface area contributed by atoms with Crippen molar-refractivity contribution >= 4 is 0 Å². The Labute approximate surface area is 84.3 Å². The number of hydrogen-bond donors (Lipinski definition) is 1. The van der Waals surface area contributed by atoms with E-state index < -0.39 is 0 Å². The van der Waals surface area contributed by atoms with E-state index in [1.807, 2.05) is 13.0 Å². The van der Waals surface area contributed by atoms with Gasteiger partial charge < -0.3 is 14.6 Å². The first-order valence-electron chi connectivity index (χ1n) is 4.48. The zero-order valence-electron chi connectivity index (χ0n) is 8.83. The Kier molecular flexibility index (Phi) is 3.92. The van der Waals surface area contributed by atoms with E-state index in [2.05, 4.69) is 0 Å². The molecule has 0 spiro atoms. The fourth-order valence-corrected chi connectivity index (χ4v) is 1.38. The van der Waals surface area contributed by atoms with Crippen molar-refractivity contribution in [1.82, 2.24) is 0 Å². The summed E-state index contributed by atoms with van der Waals surface area (Å²) in [6, 6.07) is 3.71. The van der Waals surface area contributed by atoms with E-state index >= 15 is 0 Å². The lowest BCUT2D eigenvalue weighted by Crippen LogP contribution is -1.96. The predicted octanol–water partition coefficient (Wildman–Crippen LogP) is 1.99. The molecule has 0 saturated carbocycles. The summed E-state index contributed by atoms with van der Waals surface area (Å²) >= 11 is 0. The summed E-state index contributed by atoms with van der Waals surface area (Å²) in [6.45, 7) is 2.89. The number of hydrogen-bond acceptors (Lipinski definition) is 3. The molecule has 3 nitrogen and oxygen atoms in total. The van der Waals surface area contributed by atoms with Crippen molar-refractivity contribution in [3.63, 3.8) is 0 Å². The fourth-order valence-electron chi connectivity index (χ4n) is 1.38. The van der Waals surface area contributed by atoms with Crippen LogP contribution in [0.5, 0.6) is 5.75 Å². The van der Waals surface area contributed by atoms with Gasteiger partial charge in [-0.15, -0.1) is 0 Å². The first kappa shape index (κ1) is 11.0. The average molecular weight is 196 g/mol. The molecule has 3 heteroatoms. The lowest BCUT2D eigenvalue weighted by Gasteiger charge is -2.09. The molecule has 1 aromatic carbocycles. The zero-order chi connectivity index (χ0) is 10.6. The molecule has 0 aromatic heterocycles. The molecule has 0 aliphatic carbocycles. The van der Waals surface area contributed by atoms with Crippen molar-refractivity contribution in [3.8, 4) is 5.75 Å². The van der Waals surface area contributed by atoms with Crippen LogP contribution in [-0.2, 0) is 22.7 Å². The summed E-state index contributed by atoms with van der Waals surface area (Å²) in [5, 5.41) is 9.62. The Morgan fingerprint density at radius 3 is 2.36 bits per heavy atom. The van der Waals surface area contributed by atoms with Crippen molar-refractivity contribution in [3.05, 3.63) is 28.8 Å². The van der Waals surface area contributed by atoms with Gasteiger partial charge in [0.2, 0.25) is 0 Å². The van der Waals surface area contributed by atoms with Crippen LogP contribution in [0.15, 0.2) is 12.1 Å². The molecule has 0 fully saturated rings. The fraction of sp³-hybridized carbons (Fsp3) is 0.455. The first-order valence-corrected chi connectivity index (χ1v) is 4.48. The molecule has 1 rings (SSSR count). The minimum atomic E-state index is 0.298. The molecule has 0 atom stereocenters. The summed E-state index contributed by atoms with van der Waals surface area (Å²) in [7, 11) is 3.27. The molecule has 0 saturated heterocycles. The minimum absolute atomic E-state index is 0.298. The van der Waals surface area contributed by atoms with Gasteiger partial charge in [-0.05, 0) is 29.7 Å². The Morgan fingerprint density at radius 1 is 1.14 bits per heavy atom. The molecule has 0 amide bonds. The van der Waals surface area contributed by atoms with E-state index in [-0.39, 0.29) is 0 Å². The summed E-state index contributed by atoms with van der Waals surface area (Å²) < 4.78 is 10.0. The monoisotopic (exact) mass is 196 g/mol. The van der Waals surface area contributed by atoms with E-state index in [4.69, 9.17) is 9.47 Å². The molecular formula is C11H16O3. The first-order chi connectivity index (χ1) is 6.69. The highest BCUT2D eigenvalue weighted by molar-refractivity contribution is 5.41. The van der Waals surface area contributed by atoms with Gasteiger partial charge in [0.25, 0.3) is 0 Å². The number of ether oxygens (including phenoxy) is 2. The smallest absolute Gasteiger partial charge is 0.119 e. The van der Waals surface area contributed by atoms with Gasteiger partial charge in [-0.2, -0.15) is 0 Å². The minimum Gasteiger partial charge on any atom is -0.508 e. The number of aromatic hydroxyl groups is 1. The summed E-state index contributed by atoms with van der Waals surface area (Å²) in [6.07, 6.45) is 0. The van der Waals surface area contributed by atoms with Crippen LogP contribution in [0.25, 0.3) is 0 Å². The van der Waals surface area contributed by atoms with E-state index in [9.17, 15) is 5.11 Å². The molecule has 14 heavy (non-hydrogen) atoms. The lowest BCUT2D eigenvalue weighted by molar-refractivity contribution is 0.179. The zero-order valence-corrected chi connectivity index (χ0v) is 8.83. The molecule has 0 bridgehead atoms. The predicted molar refractivity (Wildman–Crippen MR) is 54.3 cm³/mol. The Balaban J connectivity index is 3.01. The van der Waals surface area contributed by atoms with Crippen LogP contribution >= 0.6 is 0 Å². The second-order valence-corrected chi connectivity index (χ2v) is 3.27. The van der Waals surface area contributed by atoms with Gasteiger partial charge in [0, 0.05) is 14.2 Å². The van der Waals surface area contributed by atoms with Crippen molar-refractivity contribution in [2.24, 2.45) is 0 Å². The molecule has 1 aromatic rings. The largest absolute Gasteiger partial charge is 0.508 e. The number of rotatable bonds is 4. The van der Waals surface area contributed by atoms with Crippen LogP contribution in [0.2, 0.25) is 0 Å². The van der Waals surface area contributed by atoms with Crippen LogP contribution in [0.1, 0.15) is 16.7 Å². The number of phenolic OH excluding ortho intramolecular Hbond substituents is 1. The molecule has 0 radical (unpaired) electrons. The maximum atomic E-state index is 9.62. The standard InChI is InChI=1S/C11H16O3/c1-8-10(7-14-3)4-9(6-13-2)5-11(8)12/h4-5,12H,6-7H2,1-3H3. The molecule has 0 heterocycles. The van der Waals surface area contributed by atoms with Crippen molar-refractivity contribution in [2.75, 3.05) is 14.2 Å². The third kappa shape index (κ3) is 2.47. The van der Waals surface area contributed by atoms with E-state index in [1.165, 1.54) is 0 Å². The molecule has 0 aliphatic heterocycles. The summed E-state index contributed by atoms with van der Waals surface area (Å²) in [5.41, 5.74) is 2.83. The summed E-state index contributed by atoms with van der Waals surface area (Å²) in [5.74, 6) is 0.298. The third-order valence-corrected chi connectivity index (χ3v) is 2.16. The Morgan fingerprint density at radius 2 is 1.79 bits per heavy atom. The maximum Gasteiger partial charge on any atom is 0.119 e. The Hall–Kier alpha value is -1.06. The second-order valence-electron chi connectivity index (χ2n) is 3.27. The van der Waals surface area contributed by atoms with Gasteiger partial charge in [-0.3, -0.25) is 0 Å². The SMILES string of the molecule is COCc1cc(O)c(C)c(COC)c1. The lowest BCUT2D eigenvalue weighted by atomic mass is 10.0. The highest BCUT2D eigenvalue weighted by Crippen LogP contribution is 2.23. The van der Waals surface area contributed by atoms with Crippen molar-refractivity contribution < 1.29 is 14.6 Å². The van der Waals surface area contributed by atoms with Gasteiger partial charge in [-0.25, -0.2) is 0 Å². The van der Waals surface area contributed by atoms with Gasteiger partial charge >= 0.3 is 0 Å². The quantitative estimate of drug-likeness (QED) is 0.800. The van der Waals surface area contributed by atoms with E-state index in [0.29, 0.717) is 19.0 Å². The van der Waals surface area contributed by atoms with Crippen molar-refractivity contribution in [1.29, 1.82) is 0 Å². The van der Waals surface area contributed by atoms with Gasteiger partial charge in [-0.1, -0.05) is 6.07 Å². The summed E-state index contributed by atoms with van der Waals surface area (Å²) in [4.78, 5) is 0. The highest BCUT2D eigenvalue weighted by Gasteiger charge is 2.05. The number of phenols is 1. The van der Waals surface area contributed by atoms with Crippen LogP contribution in [0, 0.1) is 6.92 Å². The molecular weight excluding hydrogens is 180 g/mol.